The molecule has 0 saturated carbocycles. The topological polar surface area (TPSA) is 49.4 Å². The molecule has 0 bridgehead atoms. The lowest BCUT2D eigenvalue weighted by Gasteiger charge is -2.20. The molecule has 0 aromatic heterocycles. The molecule has 1 aromatic carbocycles. The highest BCUT2D eigenvalue weighted by Gasteiger charge is 2.28. The highest BCUT2D eigenvalue weighted by molar-refractivity contribution is 8.26. The maximum Gasteiger partial charge on any atom is 0.265 e. The number of hydrogen-bond acceptors (Lipinski definition) is 4. The summed E-state index contributed by atoms with van der Waals surface area (Å²) in [5.41, 5.74) is 1.18. The summed E-state index contributed by atoms with van der Waals surface area (Å²) in [4.78, 5) is 26.0. The van der Waals surface area contributed by atoms with Crippen LogP contribution >= 0.6 is 24.0 Å². The van der Waals surface area contributed by atoms with E-state index in [1.54, 1.807) is 25.3 Å². The Balaban J connectivity index is 2.15. The summed E-state index contributed by atoms with van der Waals surface area (Å²) in [6, 6.07) is 7.14. The molecule has 4 nitrogen and oxygen atoms in total. The number of benzene rings is 1. The molecule has 2 rings (SSSR count). The Bertz CT molecular complexity index is 658. The van der Waals surface area contributed by atoms with Gasteiger partial charge in [-0.05, 0) is 44.5 Å². The van der Waals surface area contributed by atoms with Crippen LogP contribution in [0.25, 0.3) is 6.08 Å². The van der Waals surface area contributed by atoms with Crippen LogP contribution in [0.5, 0.6) is 0 Å². The second-order valence-corrected chi connectivity index (χ2v) is 7.74. The minimum absolute atomic E-state index is 0.0930. The van der Waals surface area contributed by atoms with Crippen LogP contribution < -0.4 is 5.32 Å². The van der Waals surface area contributed by atoms with Gasteiger partial charge < -0.3 is 5.32 Å². The lowest BCUT2D eigenvalue weighted by Crippen LogP contribution is -2.40. The molecule has 0 unspecified atom stereocenters. The Morgan fingerprint density at radius 3 is 2.32 bits per heavy atom. The van der Waals surface area contributed by atoms with E-state index in [1.165, 1.54) is 16.7 Å². The molecule has 116 valence electrons. The largest absolute Gasteiger partial charge is 0.347 e. The number of thiocarbonyl (C=S) groups is 1. The number of rotatable bonds is 2. The van der Waals surface area contributed by atoms with Crippen molar-refractivity contribution < 1.29 is 9.59 Å². The van der Waals surface area contributed by atoms with Crippen LogP contribution in [-0.2, 0) is 4.79 Å². The molecular weight excluding hydrogens is 316 g/mol. The van der Waals surface area contributed by atoms with Gasteiger partial charge in [-0.1, -0.05) is 36.1 Å². The molecule has 2 amide bonds. The maximum absolute atomic E-state index is 12.0. The third-order valence-electron chi connectivity index (χ3n) is 2.95. The highest BCUT2D eigenvalue weighted by atomic mass is 32.2. The van der Waals surface area contributed by atoms with E-state index < -0.39 is 0 Å². The molecular formula is C16H18N2O2S2. The van der Waals surface area contributed by atoms with Gasteiger partial charge in [0, 0.05) is 18.2 Å². The van der Waals surface area contributed by atoms with Gasteiger partial charge in [-0.25, -0.2) is 0 Å². The summed E-state index contributed by atoms with van der Waals surface area (Å²) in [6.45, 7) is 5.81. The number of nitrogens with zero attached hydrogens (tertiary/aromatic N) is 1. The highest BCUT2D eigenvalue weighted by Crippen LogP contribution is 2.31. The molecule has 1 heterocycles. The van der Waals surface area contributed by atoms with E-state index in [0.29, 0.717) is 14.8 Å². The van der Waals surface area contributed by atoms with Crippen LogP contribution in [-0.4, -0.2) is 33.6 Å². The monoisotopic (exact) mass is 334 g/mol. The number of carbonyl (C=O) groups is 2. The van der Waals surface area contributed by atoms with Crippen molar-refractivity contribution in [1.82, 2.24) is 10.2 Å². The maximum atomic E-state index is 12.0. The van der Waals surface area contributed by atoms with Crippen molar-refractivity contribution in [2.45, 2.75) is 26.3 Å². The number of carbonyl (C=O) groups excluding carboxylic acids is 2. The van der Waals surface area contributed by atoms with Crippen molar-refractivity contribution in [3.8, 4) is 0 Å². The second-order valence-electron chi connectivity index (χ2n) is 6.07. The fraction of sp³-hybridized carbons (Fsp3) is 0.312. The molecule has 6 heteroatoms. The van der Waals surface area contributed by atoms with Gasteiger partial charge in [0.2, 0.25) is 0 Å². The fourth-order valence-electron chi connectivity index (χ4n) is 1.84. The fourth-order valence-corrected chi connectivity index (χ4v) is 3.02. The second kappa shape index (κ2) is 6.22. The van der Waals surface area contributed by atoms with E-state index in [1.807, 2.05) is 32.9 Å². The van der Waals surface area contributed by atoms with Crippen LogP contribution in [0.2, 0.25) is 0 Å². The van der Waals surface area contributed by atoms with Crippen molar-refractivity contribution in [3.05, 3.63) is 40.3 Å². The number of thioether (sulfide) groups is 1. The smallest absolute Gasteiger partial charge is 0.265 e. The first-order valence-electron chi connectivity index (χ1n) is 6.81. The van der Waals surface area contributed by atoms with Crippen LogP contribution in [0.3, 0.4) is 0 Å². The number of nitrogens with one attached hydrogen (secondary N) is 1. The molecule has 1 aliphatic heterocycles. The lowest BCUT2D eigenvalue weighted by atomic mass is 10.1. The predicted octanol–water partition coefficient (Wildman–Crippen LogP) is 3.05. The van der Waals surface area contributed by atoms with Crippen molar-refractivity contribution in [1.29, 1.82) is 0 Å². The van der Waals surface area contributed by atoms with Gasteiger partial charge in [-0.2, -0.15) is 0 Å². The third kappa shape index (κ3) is 3.96. The standard InChI is InChI=1S/C16H18N2O2S2/c1-16(2,3)17-13(19)11-7-5-10(6-8-11)9-12-14(20)18(4)15(21)22-12/h5-9H,1-4H3,(H,17,19). The molecule has 1 aromatic rings. The number of likely N-dealkylation sites (N-methyl/N-ethyl adjacent to an activating group) is 1. The van der Waals surface area contributed by atoms with Crippen LogP contribution in [0, 0.1) is 0 Å². The zero-order valence-electron chi connectivity index (χ0n) is 13.0. The summed E-state index contributed by atoms with van der Waals surface area (Å²) < 4.78 is 0.553. The number of amides is 2. The molecule has 0 aliphatic carbocycles. The summed E-state index contributed by atoms with van der Waals surface area (Å²) in [5, 5.41) is 2.91. The Morgan fingerprint density at radius 1 is 1.27 bits per heavy atom. The predicted molar refractivity (Wildman–Crippen MR) is 94.6 cm³/mol. The summed E-state index contributed by atoms with van der Waals surface area (Å²) >= 11 is 6.38. The van der Waals surface area contributed by atoms with Crippen molar-refractivity contribution in [2.75, 3.05) is 7.05 Å². The van der Waals surface area contributed by atoms with Crippen LogP contribution in [0.1, 0.15) is 36.7 Å². The van der Waals surface area contributed by atoms with E-state index in [2.05, 4.69) is 5.32 Å². The average molecular weight is 334 g/mol. The normalized spacial score (nSPS) is 17.3. The van der Waals surface area contributed by atoms with E-state index in [9.17, 15) is 9.59 Å². The first-order chi connectivity index (χ1) is 10.2. The molecule has 22 heavy (non-hydrogen) atoms. The summed E-state index contributed by atoms with van der Waals surface area (Å²) in [6.07, 6.45) is 1.79. The molecule has 1 N–H and O–H groups in total. The third-order valence-corrected chi connectivity index (χ3v) is 4.43. The molecule has 0 spiro atoms. The summed E-state index contributed by atoms with van der Waals surface area (Å²) in [7, 11) is 1.67. The van der Waals surface area contributed by atoms with Crippen molar-refractivity contribution in [2.24, 2.45) is 0 Å². The van der Waals surface area contributed by atoms with Gasteiger partial charge in [0.1, 0.15) is 4.32 Å². The first kappa shape index (κ1) is 16.7. The Labute approximate surface area is 140 Å². The Morgan fingerprint density at radius 2 is 1.86 bits per heavy atom. The van der Waals surface area contributed by atoms with Crippen LogP contribution in [0.4, 0.5) is 0 Å². The van der Waals surface area contributed by atoms with Crippen LogP contribution in [0.15, 0.2) is 29.2 Å². The van der Waals surface area contributed by atoms with Crippen molar-refractivity contribution >= 4 is 46.2 Å². The zero-order valence-corrected chi connectivity index (χ0v) is 14.6. The van der Waals surface area contributed by atoms with Gasteiger partial charge in [0.05, 0.1) is 4.91 Å². The van der Waals surface area contributed by atoms with Gasteiger partial charge in [-0.3, -0.25) is 14.5 Å². The molecule has 1 saturated heterocycles. The molecule has 0 atom stereocenters. The van der Waals surface area contributed by atoms with Gasteiger partial charge in [-0.15, -0.1) is 0 Å². The summed E-state index contributed by atoms with van der Waals surface area (Å²) in [5.74, 6) is -0.205. The van der Waals surface area contributed by atoms with Gasteiger partial charge >= 0.3 is 0 Å². The molecule has 1 aliphatic rings. The van der Waals surface area contributed by atoms with E-state index in [0.717, 1.165) is 5.56 Å². The Hall–Kier alpha value is -1.66. The first-order valence-corrected chi connectivity index (χ1v) is 8.04. The minimum atomic E-state index is -0.273. The molecule has 1 fully saturated rings. The zero-order chi connectivity index (χ0) is 16.5. The number of hydrogen-bond donors (Lipinski definition) is 1. The average Bonchev–Trinajstić information content (AvgIpc) is 2.65. The van der Waals surface area contributed by atoms with E-state index >= 15 is 0 Å². The van der Waals surface area contributed by atoms with Crippen molar-refractivity contribution in [3.63, 3.8) is 0 Å². The van der Waals surface area contributed by atoms with Gasteiger partial charge in [0.15, 0.2) is 0 Å². The molecule has 0 radical (unpaired) electrons. The SMILES string of the molecule is CN1C(=O)C(=Cc2ccc(C(=O)NC(C)(C)C)cc2)SC1=S. The minimum Gasteiger partial charge on any atom is -0.347 e. The quantitative estimate of drug-likeness (QED) is 0.667. The van der Waals surface area contributed by atoms with E-state index in [-0.39, 0.29) is 17.4 Å². The van der Waals surface area contributed by atoms with E-state index in [4.69, 9.17) is 12.2 Å². The van der Waals surface area contributed by atoms with Gasteiger partial charge in [0.25, 0.3) is 11.8 Å². The lowest BCUT2D eigenvalue weighted by molar-refractivity contribution is -0.121. The Kier molecular flexibility index (Phi) is 4.72.